The third kappa shape index (κ3) is 5.21. The van der Waals surface area contributed by atoms with E-state index < -0.39 is 12.1 Å². The topological polar surface area (TPSA) is 81.8 Å². The molecule has 2 N–H and O–H groups in total. The first kappa shape index (κ1) is 12.5. The van der Waals surface area contributed by atoms with Crippen LogP contribution in [-0.2, 0) is 9.53 Å². The third-order valence-corrected chi connectivity index (χ3v) is 1.43. The number of hydrogen-bond donors (Lipinski definition) is 1. The second-order valence-corrected chi connectivity index (χ2v) is 2.77. The van der Waals surface area contributed by atoms with Gasteiger partial charge in [0.15, 0.2) is 5.78 Å². The molecule has 5 nitrogen and oxygen atoms in total. The number of primary amides is 1. The van der Waals surface area contributed by atoms with E-state index in [-0.39, 0.29) is 12.4 Å². The molecular weight excluding hydrogens is 184 g/mol. The molecule has 1 atom stereocenters. The van der Waals surface area contributed by atoms with E-state index >= 15 is 0 Å². The minimum absolute atomic E-state index is 0.0725. The molecule has 0 aliphatic heterocycles. The molecule has 0 aromatic carbocycles. The molecule has 78 valence electrons. The lowest BCUT2D eigenvalue weighted by molar-refractivity contribution is -0.124. The molecule has 0 aliphatic carbocycles. The van der Waals surface area contributed by atoms with Gasteiger partial charge in [0.05, 0.1) is 6.61 Å². The van der Waals surface area contributed by atoms with Crippen molar-refractivity contribution in [3.63, 3.8) is 0 Å². The van der Waals surface area contributed by atoms with Crippen LogP contribution < -0.4 is 5.73 Å². The lowest BCUT2D eigenvalue weighted by atomic mass is 10.1. The van der Waals surface area contributed by atoms with Gasteiger partial charge in [-0.15, -0.1) is 0 Å². The second-order valence-electron chi connectivity index (χ2n) is 2.77. The molecule has 0 saturated carbocycles. The van der Waals surface area contributed by atoms with E-state index in [1.807, 2.05) is 0 Å². The molecule has 0 saturated heterocycles. The highest BCUT2D eigenvalue weighted by molar-refractivity contribution is 5.97. The van der Waals surface area contributed by atoms with Crippen LogP contribution in [0.2, 0.25) is 0 Å². The van der Waals surface area contributed by atoms with E-state index in [1.54, 1.807) is 13.8 Å². The Labute approximate surface area is 82.6 Å². The Bertz CT molecular complexity index is 271. The minimum Gasteiger partial charge on any atom is -0.365 e. The van der Waals surface area contributed by atoms with Crippen LogP contribution >= 0.6 is 0 Å². The zero-order chi connectivity index (χ0) is 11.1. The number of hydrogen-bond acceptors (Lipinski definition) is 3. The second kappa shape index (κ2) is 6.04. The number of amides is 2. The van der Waals surface area contributed by atoms with Gasteiger partial charge < -0.3 is 10.5 Å². The van der Waals surface area contributed by atoms with Crippen LogP contribution in [0.25, 0.3) is 0 Å². The van der Waals surface area contributed by atoms with Crippen LogP contribution in [0.3, 0.4) is 0 Å². The Kier molecular flexibility index (Phi) is 5.40. The number of nitrogens with two attached hydrogens (primary N) is 1. The van der Waals surface area contributed by atoms with Gasteiger partial charge in [-0.2, -0.15) is 0 Å². The summed E-state index contributed by atoms with van der Waals surface area (Å²) in [6.45, 7) is 6.78. The van der Waals surface area contributed by atoms with Gasteiger partial charge in [0, 0.05) is 6.21 Å². The van der Waals surface area contributed by atoms with Gasteiger partial charge in [0.2, 0.25) is 0 Å². The fraction of sp³-hybridized carbons (Fsp3) is 0.444. The predicted octanol–water partition coefficient (Wildman–Crippen LogP) is 0.686. The maximum atomic E-state index is 11.2. The predicted molar refractivity (Wildman–Crippen MR) is 53.3 cm³/mol. The Morgan fingerprint density at radius 1 is 1.64 bits per heavy atom. The molecule has 0 heterocycles. The standard InChI is InChI=1S/C9H14N2O3/c1-6(2)8(12)7(3)14-5-4-11-9(10)13/h4,7H,1,5H2,2-3H3,(H2,10,13). The van der Waals surface area contributed by atoms with Gasteiger partial charge in [-0.3, -0.25) is 4.79 Å². The molecule has 0 aliphatic rings. The first-order chi connectivity index (χ1) is 6.45. The highest BCUT2D eigenvalue weighted by atomic mass is 16.5. The van der Waals surface area contributed by atoms with Crippen LogP contribution in [0.4, 0.5) is 4.79 Å². The van der Waals surface area contributed by atoms with Gasteiger partial charge in [0.25, 0.3) is 0 Å². The molecule has 0 radical (unpaired) electrons. The summed E-state index contributed by atoms with van der Waals surface area (Å²) in [5.74, 6) is -0.169. The van der Waals surface area contributed by atoms with Gasteiger partial charge in [-0.25, -0.2) is 9.79 Å². The van der Waals surface area contributed by atoms with E-state index in [0.717, 1.165) is 0 Å². The number of urea groups is 1. The Morgan fingerprint density at radius 2 is 2.21 bits per heavy atom. The SMILES string of the molecule is C=C(C)C(=O)C(C)OCC=NC(N)=O. The molecule has 0 fully saturated rings. The third-order valence-electron chi connectivity index (χ3n) is 1.43. The average Bonchev–Trinajstić information content (AvgIpc) is 2.10. The number of ketones is 1. The van der Waals surface area contributed by atoms with Crippen molar-refractivity contribution in [3.05, 3.63) is 12.2 Å². The quantitative estimate of drug-likeness (QED) is 0.521. The fourth-order valence-electron chi connectivity index (χ4n) is 0.737. The largest absolute Gasteiger partial charge is 0.365 e. The van der Waals surface area contributed by atoms with Crippen LogP contribution in [0.5, 0.6) is 0 Å². The smallest absolute Gasteiger partial charge is 0.338 e. The molecule has 5 heteroatoms. The Balaban J connectivity index is 3.85. The van der Waals surface area contributed by atoms with Crippen molar-refractivity contribution in [2.45, 2.75) is 20.0 Å². The number of carbonyl (C=O) groups is 2. The van der Waals surface area contributed by atoms with Crippen molar-refractivity contribution in [3.8, 4) is 0 Å². The number of nitrogens with zero attached hydrogens (tertiary/aromatic N) is 1. The van der Waals surface area contributed by atoms with E-state index in [1.165, 1.54) is 6.21 Å². The number of Topliss-reactive ketones (excluding diaryl/α,β-unsaturated/α-hetero) is 1. The van der Waals surface area contributed by atoms with Crippen LogP contribution in [0.15, 0.2) is 17.1 Å². The lowest BCUT2D eigenvalue weighted by Gasteiger charge is -2.09. The van der Waals surface area contributed by atoms with Crippen molar-refractivity contribution in [1.29, 1.82) is 0 Å². The Hall–Kier alpha value is -1.49. The summed E-state index contributed by atoms with van der Waals surface area (Å²) >= 11 is 0. The highest BCUT2D eigenvalue weighted by Crippen LogP contribution is 1.99. The first-order valence-corrected chi connectivity index (χ1v) is 4.08. The maximum Gasteiger partial charge on any atom is 0.338 e. The monoisotopic (exact) mass is 198 g/mol. The summed E-state index contributed by atoms with van der Waals surface area (Å²) in [5.41, 5.74) is 5.18. The Morgan fingerprint density at radius 3 is 2.64 bits per heavy atom. The maximum absolute atomic E-state index is 11.2. The minimum atomic E-state index is -0.785. The van der Waals surface area contributed by atoms with E-state index in [4.69, 9.17) is 10.5 Å². The number of ether oxygens (including phenoxy) is 1. The molecular formula is C9H14N2O3. The van der Waals surface area contributed by atoms with Crippen LogP contribution in [0, 0.1) is 0 Å². The van der Waals surface area contributed by atoms with E-state index in [9.17, 15) is 9.59 Å². The zero-order valence-corrected chi connectivity index (χ0v) is 8.32. The fourth-order valence-corrected chi connectivity index (χ4v) is 0.737. The van der Waals surface area contributed by atoms with Crippen molar-refractivity contribution < 1.29 is 14.3 Å². The van der Waals surface area contributed by atoms with Gasteiger partial charge in [-0.1, -0.05) is 6.58 Å². The zero-order valence-electron chi connectivity index (χ0n) is 8.32. The number of aliphatic imine (C=N–C) groups is 1. The van der Waals surface area contributed by atoms with Crippen molar-refractivity contribution in [1.82, 2.24) is 0 Å². The number of carbonyl (C=O) groups excluding carboxylic acids is 2. The molecule has 0 aromatic heterocycles. The summed E-state index contributed by atoms with van der Waals surface area (Å²) in [6.07, 6.45) is 0.636. The summed E-state index contributed by atoms with van der Waals surface area (Å²) in [5, 5.41) is 0. The molecule has 14 heavy (non-hydrogen) atoms. The van der Waals surface area contributed by atoms with Gasteiger partial charge in [0.1, 0.15) is 6.10 Å². The van der Waals surface area contributed by atoms with Crippen LogP contribution in [-0.4, -0.2) is 30.7 Å². The molecule has 0 rings (SSSR count). The summed E-state index contributed by atoms with van der Waals surface area (Å²) < 4.78 is 5.05. The van der Waals surface area contributed by atoms with Crippen LogP contribution in [0.1, 0.15) is 13.8 Å². The molecule has 0 spiro atoms. The summed E-state index contributed by atoms with van der Waals surface area (Å²) in [6, 6.07) is -0.785. The molecule has 0 bridgehead atoms. The number of rotatable bonds is 5. The van der Waals surface area contributed by atoms with E-state index in [2.05, 4.69) is 11.6 Å². The van der Waals surface area contributed by atoms with E-state index in [0.29, 0.717) is 5.57 Å². The first-order valence-electron chi connectivity index (χ1n) is 4.08. The van der Waals surface area contributed by atoms with Crippen molar-refractivity contribution in [2.75, 3.05) is 6.61 Å². The lowest BCUT2D eigenvalue weighted by Crippen LogP contribution is -2.22. The molecule has 1 unspecified atom stereocenters. The average molecular weight is 198 g/mol. The summed E-state index contributed by atoms with van der Waals surface area (Å²) in [4.78, 5) is 24.6. The van der Waals surface area contributed by atoms with Gasteiger partial charge in [-0.05, 0) is 19.4 Å². The molecule has 2 amide bonds. The highest BCUT2D eigenvalue weighted by Gasteiger charge is 2.12. The van der Waals surface area contributed by atoms with Crippen molar-refractivity contribution >= 4 is 18.0 Å². The van der Waals surface area contributed by atoms with Crippen molar-refractivity contribution in [2.24, 2.45) is 10.7 Å². The van der Waals surface area contributed by atoms with Gasteiger partial charge >= 0.3 is 6.03 Å². The molecule has 0 aromatic rings. The summed E-state index contributed by atoms with van der Waals surface area (Å²) in [7, 11) is 0. The normalized spacial score (nSPS) is 12.7.